The highest BCUT2D eigenvalue weighted by Gasteiger charge is 2.17. The van der Waals surface area contributed by atoms with Gasteiger partial charge in [-0.2, -0.15) is 0 Å². The lowest BCUT2D eigenvalue weighted by atomic mass is 10.0. The number of esters is 1. The Kier molecular flexibility index (Phi) is 4.74. The van der Waals surface area contributed by atoms with Gasteiger partial charge in [0.05, 0.1) is 15.8 Å². The maximum Gasteiger partial charge on any atom is 0.343 e. The number of benzene rings is 3. The number of carbonyl (C=O) groups is 1. The van der Waals surface area contributed by atoms with E-state index < -0.39 is 0 Å². The normalized spacial score (nSPS) is 13.7. The first-order chi connectivity index (χ1) is 14.3. The van der Waals surface area contributed by atoms with Crippen molar-refractivity contribution < 1.29 is 9.53 Å². The number of hydrogen-bond acceptors (Lipinski definition) is 5. The van der Waals surface area contributed by atoms with Gasteiger partial charge in [-0.1, -0.05) is 53.8 Å². The summed E-state index contributed by atoms with van der Waals surface area (Å²) in [5, 5.41) is 1.05. The number of aromatic nitrogens is 1. The summed E-state index contributed by atoms with van der Waals surface area (Å²) in [6.07, 6.45) is 2.45. The lowest BCUT2D eigenvalue weighted by molar-refractivity contribution is 0.0735. The van der Waals surface area contributed by atoms with Crippen LogP contribution in [0.3, 0.4) is 0 Å². The predicted octanol–water partition coefficient (Wildman–Crippen LogP) is 5.78. The Balaban J connectivity index is 1.32. The Labute approximate surface area is 173 Å². The van der Waals surface area contributed by atoms with Crippen molar-refractivity contribution in [3.63, 3.8) is 0 Å². The number of hydrogen-bond donors (Lipinski definition) is 0. The topological polar surface area (TPSA) is 42.4 Å². The number of fused-ring (bicyclic) bond motifs is 1. The minimum absolute atomic E-state index is 0.353. The highest BCUT2D eigenvalue weighted by atomic mass is 32.1. The Hall–Kier alpha value is -3.18. The van der Waals surface area contributed by atoms with Gasteiger partial charge >= 0.3 is 5.97 Å². The van der Waals surface area contributed by atoms with E-state index in [-0.39, 0.29) is 5.97 Å². The Morgan fingerprint density at radius 1 is 0.897 bits per heavy atom. The summed E-state index contributed by atoms with van der Waals surface area (Å²) in [5.41, 5.74) is 3.68. The van der Waals surface area contributed by atoms with Gasteiger partial charge in [0.25, 0.3) is 0 Å². The van der Waals surface area contributed by atoms with E-state index in [4.69, 9.17) is 9.72 Å². The molecule has 4 aromatic rings. The molecule has 1 fully saturated rings. The summed E-state index contributed by atoms with van der Waals surface area (Å²) in [7, 11) is 0. The first-order valence-corrected chi connectivity index (χ1v) is 10.6. The predicted molar refractivity (Wildman–Crippen MR) is 118 cm³/mol. The van der Waals surface area contributed by atoms with Crippen molar-refractivity contribution in [1.29, 1.82) is 0 Å². The molecule has 29 heavy (non-hydrogen) atoms. The van der Waals surface area contributed by atoms with E-state index in [0.717, 1.165) is 39.6 Å². The van der Waals surface area contributed by atoms with Gasteiger partial charge in [-0.3, -0.25) is 0 Å². The van der Waals surface area contributed by atoms with E-state index in [2.05, 4.69) is 4.90 Å². The molecule has 4 nitrogen and oxygen atoms in total. The van der Waals surface area contributed by atoms with Crippen LogP contribution in [-0.2, 0) is 0 Å². The molecular weight excluding hydrogens is 380 g/mol. The quantitative estimate of drug-likeness (QED) is 0.322. The van der Waals surface area contributed by atoms with Crippen LogP contribution in [0, 0.1) is 0 Å². The molecule has 0 spiro atoms. The first-order valence-electron chi connectivity index (χ1n) is 9.79. The number of anilines is 1. The van der Waals surface area contributed by atoms with Crippen molar-refractivity contribution in [3.8, 4) is 16.9 Å². The molecule has 0 saturated carbocycles. The maximum atomic E-state index is 12.6. The minimum atomic E-state index is -0.353. The van der Waals surface area contributed by atoms with Crippen LogP contribution in [0.2, 0.25) is 0 Å². The monoisotopic (exact) mass is 400 g/mol. The van der Waals surface area contributed by atoms with Crippen LogP contribution < -0.4 is 9.64 Å². The van der Waals surface area contributed by atoms with Crippen molar-refractivity contribution in [3.05, 3.63) is 78.4 Å². The van der Waals surface area contributed by atoms with Gasteiger partial charge in [-0.25, -0.2) is 9.78 Å². The van der Waals surface area contributed by atoms with Crippen molar-refractivity contribution in [2.24, 2.45) is 0 Å². The van der Waals surface area contributed by atoms with Crippen LogP contribution in [0.1, 0.15) is 23.2 Å². The summed E-state index contributed by atoms with van der Waals surface area (Å²) in [4.78, 5) is 19.6. The number of thiazole rings is 1. The summed E-state index contributed by atoms with van der Waals surface area (Å²) in [6, 6.07) is 23.2. The smallest absolute Gasteiger partial charge is 0.343 e. The molecule has 0 atom stereocenters. The zero-order valence-corrected chi connectivity index (χ0v) is 16.7. The summed E-state index contributed by atoms with van der Waals surface area (Å²) in [5.74, 6) is 0.194. The Morgan fingerprint density at radius 3 is 2.38 bits per heavy atom. The van der Waals surface area contributed by atoms with Gasteiger partial charge in [0.1, 0.15) is 5.75 Å². The molecular formula is C24H20N2O2S. The Morgan fingerprint density at radius 2 is 1.62 bits per heavy atom. The molecule has 0 aliphatic carbocycles. The van der Waals surface area contributed by atoms with E-state index in [1.807, 2.05) is 60.7 Å². The van der Waals surface area contributed by atoms with Crippen LogP contribution >= 0.6 is 11.3 Å². The third-order valence-electron chi connectivity index (χ3n) is 5.16. The van der Waals surface area contributed by atoms with Crippen LogP contribution in [-0.4, -0.2) is 24.0 Å². The summed E-state index contributed by atoms with van der Waals surface area (Å²) >= 11 is 1.65. The molecule has 1 aromatic heterocycles. The van der Waals surface area contributed by atoms with Crippen LogP contribution in [0.5, 0.6) is 5.75 Å². The third-order valence-corrected chi connectivity index (χ3v) is 6.24. The van der Waals surface area contributed by atoms with Gasteiger partial charge in [0, 0.05) is 19.2 Å². The van der Waals surface area contributed by atoms with Crippen LogP contribution in [0.25, 0.3) is 21.3 Å². The lowest BCUT2D eigenvalue weighted by Gasteiger charge is -2.11. The fraction of sp³-hybridized carbons (Fsp3) is 0.167. The molecule has 0 N–H and O–H groups in total. The molecule has 0 radical (unpaired) electrons. The van der Waals surface area contributed by atoms with Gasteiger partial charge in [0.2, 0.25) is 0 Å². The van der Waals surface area contributed by atoms with Gasteiger partial charge in [-0.05, 0) is 48.2 Å². The lowest BCUT2D eigenvalue weighted by Crippen LogP contribution is -2.16. The van der Waals surface area contributed by atoms with E-state index in [9.17, 15) is 4.79 Å². The third kappa shape index (κ3) is 3.74. The van der Waals surface area contributed by atoms with Crippen LogP contribution in [0.4, 0.5) is 5.13 Å². The van der Waals surface area contributed by atoms with Gasteiger partial charge in [0.15, 0.2) is 5.13 Å². The van der Waals surface area contributed by atoms with Gasteiger partial charge in [-0.15, -0.1) is 0 Å². The second kappa shape index (κ2) is 7.68. The minimum Gasteiger partial charge on any atom is -0.423 e. The molecule has 1 saturated heterocycles. The molecule has 1 aliphatic heterocycles. The van der Waals surface area contributed by atoms with E-state index in [0.29, 0.717) is 11.3 Å². The number of ether oxygens (including phenoxy) is 1. The second-order valence-corrected chi connectivity index (χ2v) is 8.16. The van der Waals surface area contributed by atoms with E-state index in [1.54, 1.807) is 23.5 Å². The van der Waals surface area contributed by atoms with Gasteiger partial charge < -0.3 is 9.64 Å². The highest BCUT2D eigenvalue weighted by Crippen LogP contribution is 2.33. The summed E-state index contributed by atoms with van der Waals surface area (Å²) < 4.78 is 6.65. The maximum absolute atomic E-state index is 12.6. The largest absolute Gasteiger partial charge is 0.423 e. The standard InChI is InChI=1S/C24H20N2O2S/c27-23(19-10-8-18(9-11-19)17-6-2-1-3-7-17)28-20-12-13-21-22(16-20)29-24(25-21)26-14-4-5-15-26/h1-3,6-13,16H,4-5,14-15H2. The fourth-order valence-electron chi connectivity index (χ4n) is 3.60. The molecule has 5 rings (SSSR count). The number of rotatable bonds is 4. The molecule has 0 amide bonds. The molecule has 2 heterocycles. The van der Waals surface area contributed by atoms with Crippen molar-refractivity contribution >= 4 is 32.7 Å². The van der Waals surface area contributed by atoms with Crippen molar-refractivity contribution in [1.82, 2.24) is 4.98 Å². The fourth-order valence-corrected chi connectivity index (χ4v) is 4.64. The van der Waals surface area contributed by atoms with E-state index in [1.165, 1.54) is 12.8 Å². The molecule has 5 heteroatoms. The number of carbonyl (C=O) groups excluding carboxylic acids is 1. The first kappa shape index (κ1) is 17.9. The SMILES string of the molecule is O=C(Oc1ccc2nc(N3CCCC3)sc2c1)c1ccc(-c2ccccc2)cc1. The average molecular weight is 401 g/mol. The molecule has 1 aliphatic rings. The highest BCUT2D eigenvalue weighted by molar-refractivity contribution is 7.22. The zero-order valence-electron chi connectivity index (χ0n) is 15.9. The number of nitrogens with zero attached hydrogens (tertiary/aromatic N) is 2. The van der Waals surface area contributed by atoms with Crippen molar-refractivity contribution in [2.75, 3.05) is 18.0 Å². The molecule has 3 aromatic carbocycles. The average Bonchev–Trinajstić information content (AvgIpc) is 3.44. The van der Waals surface area contributed by atoms with Crippen LogP contribution in [0.15, 0.2) is 72.8 Å². The molecule has 0 unspecified atom stereocenters. The summed E-state index contributed by atoms with van der Waals surface area (Å²) in [6.45, 7) is 2.14. The molecule has 0 bridgehead atoms. The van der Waals surface area contributed by atoms with Crippen molar-refractivity contribution in [2.45, 2.75) is 12.8 Å². The zero-order chi connectivity index (χ0) is 19.6. The second-order valence-electron chi connectivity index (χ2n) is 7.15. The van der Waals surface area contributed by atoms with E-state index >= 15 is 0 Å². The Bertz CT molecular complexity index is 1150. The molecule has 144 valence electrons.